The monoisotopic (exact) mass is 201 g/mol. The lowest BCUT2D eigenvalue weighted by Crippen LogP contribution is -2.25. The number of unbranched alkanes of at least 4 members (excludes halogenated alkanes) is 3. The van der Waals surface area contributed by atoms with Crippen LogP contribution in [0.2, 0.25) is 0 Å². The molecular formula is C10H23N3O. The van der Waals surface area contributed by atoms with Gasteiger partial charge in [0.2, 0.25) is 5.91 Å². The Balaban J connectivity index is 2.88. The number of rotatable bonds is 10. The van der Waals surface area contributed by atoms with E-state index >= 15 is 0 Å². The Bertz CT molecular complexity index is 139. The average Bonchev–Trinajstić information content (AvgIpc) is 2.15. The van der Waals surface area contributed by atoms with Crippen molar-refractivity contribution in [3.05, 3.63) is 0 Å². The molecular weight excluding hydrogens is 178 g/mol. The first kappa shape index (κ1) is 13.4. The van der Waals surface area contributed by atoms with Crippen LogP contribution in [0.5, 0.6) is 0 Å². The van der Waals surface area contributed by atoms with Crippen LogP contribution in [0.15, 0.2) is 0 Å². The topological polar surface area (TPSA) is 67.2 Å². The molecule has 0 aromatic rings. The van der Waals surface area contributed by atoms with Crippen LogP contribution in [0, 0.1) is 0 Å². The summed E-state index contributed by atoms with van der Waals surface area (Å²) in [6.45, 7) is 3.11. The van der Waals surface area contributed by atoms with Crippen LogP contribution in [0.25, 0.3) is 0 Å². The second-order valence-electron chi connectivity index (χ2n) is 3.48. The third-order valence-corrected chi connectivity index (χ3v) is 2.08. The molecule has 0 heterocycles. The summed E-state index contributed by atoms with van der Waals surface area (Å²) in [4.78, 5) is 10.4. The van der Waals surface area contributed by atoms with Crippen LogP contribution in [-0.4, -0.2) is 32.6 Å². The molecule has 0 rings (SSSR count). The predicted octanol–water partition coefficient (Wildman–Crippen LogP) is 0.231. The standard InChI is InChI=1S/C10H23N3O/c1-12-8-9-13-7-5-3-2-4-6-10(11)14/h12-13H,2-9H2,1H3,(H2,11,14). The molecule has 4 nitrogen and oxygen atoms in total. The van der Waals surface area contributed by atoms with Gasteiger partial charge in [0.1, 0.15) is 0 Å². The van der Waals surface area contributed by atoms with Gasteiger partial charge in [-0.15, -0.1) is 0 Å². The van der Waals surface area contributed by atoms with Crippen LogP contribution < -0.4 is 16.4 Å². The minimum Gasteiger partial charge on any atom is -0.370 e. The lowest BCUT2D eigenvalue weighted by Gasteiger charge is -2.03. The molecule has 4 N–H and O–H groups in total. The zero-order valence-corrected chi connectivity index (χ0v) is 9.14. The first-order valence-corrected chi connectivity index (χ1v) is 5.41. The minimum atomic E-state index is -0.183. The van der Waals surface area contributed by atoms with E-state index in [9.17, 15) is 4.79 Å². The second-order valence-corrected chi connectivity index (χ2v) is 3.48. The fourth-order valence-corrected chi connectivity index (χ4v) is 1.24. The summed E-state index contributed by atoms with van der Waals surface area (Å²) in [7, 11) is 1.95. The van der Waals surface area contributed by atoms with Crippen LogP contribution >= 0.6 is 0 Å². The van der Waals surface area contributed by atoms with Gasteiger partial charge in [-0.25, -0.2) is 0 Å². The highest BCUT2D eigenvalue weighted by molar-refractivity contribution is 5.73. The van der Waals surface area contributed by atoms with Crippen molar-refractivity contribution >= 4 is 5.91 Å². The molecule has 84 valence electrons. The van der Waals surface area contributed by atoms with E-state index in [1.54, 1.807) is 0 Å². The van der Waals surface area contributed by atoms with E-state index in [0.29, 0.717) is 6.42 Å². The van der Waals surface area contributed by atoms with Crippen molar-refractivity contribution in [1.82, 2.24) is 10.6 Å². The molecule has 0 unspecified atom stereocenters. The molecule has 0 aliphatic carbocycles. The molecule has 0 saturated carbocycles. The van der Waals surface area contributed by atoms with Gasteiger partial charge in [-0.3, -0.25) is 4.79 Å². The highest BCUT2D eigenvalue weighted by Crippen LogP contribution is 2.01. The molecule has 0 radical (unpaired) electrons. The van der Waals surface area contributed by atoms with Gasteiger partial charge in [0.05, 0.1) is 0 Å². The Morgan fingerprint density at radius 3 is 2.43 bits per heavy atom. The summed E-state index contributed by atoms with van der Waals surface area (Å²) in [5.41, 5.74) is 5.03. The molecule has 1 amide bonds. The van der Waals surface area contributed by atoms with Crippen LogP contribution in [0.4, 0.5) is 0 Å². The number of carbonyl (C=O) groups excluding carboxylic acids is 1. The van der Waals surface area contributed by atoms with Gasteiger partial charge in [-0.2, -0.15) is 0 Å². The van der Waals surface area contributed by atoms with E-state index in [1.165, 1.54) is 12.8 Å². The maximum Gasteiger partial charge on any atom is 0.217 e. The molecule has 0 fully saturated rings. The molecule has 0 atom stereocenters. The number of primary amides is 1. The number of amides is 1. The first-order chi connectivity index (χ1) is 6.77. The second kappa shape index (κ2) is 10.5. The van der Waals surface area contributed by atoms with Crippen LogP contribution in [-0.2, 0) is 4.79 Å². The van der Waals surface area contributed by atoms with Crippen molar-refractivity contribution in [2.24, 2.45) is 5.73 Å². The third-order valence-electron chi connectivity index (χ3n) is 2.08. The van der Waals surface area contributed by atoms with Gasteiger partial charge < -0.3 is 16.4 Å². The Kier molecular flexibility index (Phi) is 10.0. The van der Waals surface area contributed by atoms with E-state index in [-0.39, 0.29) is 5.91 Å². The van der Waals surface area contributed by atoms with Gasteiger partial charge in [-0.05, 0) is 26.4 Å². The van der Waals surface area contributed by atoms with Crippen molar-refractivity contribution in [1.29, 1.82) is 0 Å². The van der Waals surface area contributed by atoms with Gasteiger partial charge in [0.25, 0.3) is 0 Å². The van der Waals surface area contributed by atoms with Gasteiger partial charge in [0.15, 0.2) is 0 Å². The number of likely N-dealkylation sites (N-methyl/N-ethyl adjacent to an activating group) is 1. The van der Waals surface area contributed by atoms with E-state index in [1.807, 2.05) is 7.05 Å². The fourth-order valence-electron chi connectivity index (χ4n) is 1.24. The van der Waals surface area contributed by atoms with Crippen molar-refractivity contribution in [2.45, 2.75) is 32.1 Å². The summed E-state index contributed by atoms with van der Waals surface area (Å²) < 4.78 is 0. The number of hydrogen-bond acceptors (Lipinski definition) is 3. The minimum absolute atomic E-state index is 0.183. The molecule has 4 heteroatoms. The predicted molar refractivity (Wildman–Crippen MR) is 59.1 cm³/mol. The lowest BCUT2D eigenvalue weighted by molar-refractivity contribution is -0.118. The maximum absolute atomic E-state index is 10.4. The maximum atomic E-state index is 10.4. The third kappa shape index (κ3) is 11.4. The van der Waals surface area contributed by atoms with Crippen molar-refractivity contribution in [3.63, 3.8) is 0 Å². The summed E-state index contributed by atoms with van der Waals surface area (Å²) in [6.07, 6.45) is 4.94. The first-order valence-electron chi connectivity index (χ1n) is 5.41. The zero-order valence-electron chi connectivity index (χ0n) is 9.14. The van der Waals surface area contributed by atoms with E-state index < -0.39 is 0 Å². The van der Waals surface area contributed by atoms with E-state index in [4.69, 9.17) is 5.73 Å². The van der Waals surface area contributed by atoms with Crippen LogP contribution in [0.1, 0.15) is 32.1 Å². The normalized spacial score (nSPS) is 10.4. The molecule has 14 heavy (non-hydrogen) atoms. The summed E-state index contributed by atoms with van der Waals surface area (Å²) in [6, 6.07) is 0. The Morgan fingerprint density at radius 2 is 1.79 bits per heavy atom. The molecule has 0 aliphatic heterocycles. The van der Waals surface area contributed by atoms with Crippen molar-refractivity contribution < 1.29 is 4.79 Å². The van der Waals surface area contributed by atoms with Crippen molar-refractivity contribution in [2.75, 3.05) is 26.7 Å². The Morgan fingerprint density at radius 1 is 1.07 bits per heavy atom. The number of carbonyl (C=O) groups is 1. The fraction of sp³-hybridized carbons (Fsp3) is 0.900. The van der Waals surface area contributed by atoms with Gasteiger partial charge >= 0.3 is 0 Å². The van der Waals surface area contributed by atoms with Gasteiger partial charge in [0, 0.05) is 19.5 Å². The largest absolute Gasteiger partial charge is 0.370 e. The number of nitrogens with two attached hydrogens (primary N) is 1. The summed E-state index contributed by atoms with van der Waals surface area (Å²) in [5.74, 6) is -0.183. The summed E-state index contributed by atoms with van der Waals surface area (Å²) in [5, 5.41) is 6.41. The molecule has 0 aromatic heterocycles. The zero-order chi connectivity index (χ0) is 10.6. The van der Waals surface area contributed by atoms with Gasteiger partial charge in [-0.1, -0.05) is 12.8 Å². The van der Waals surface area contributed by atoms with Crippen molar-refractivity contribution in [3.8, 4) is 0 Å². The Hall–Kier alpha value is -0.610. The molecule has 0 aliphatic rings. The average molecular weight is 201 g/mol. The smallest absolute Gasteiger partial charge is 0.217 e. The van der Waals surface area contributed by atoms with E-state index in [2.05, 4.69) is 10.6 Å². The SMILES string of the molecule is CNCCNCCCCCCC(N)=O. The highest BCUT2D eigenvalue weighted by atomic mass is 16.1. The number of nitrogens with one attached hydrogen (secondary N) is 2. The van der Waals surface area contributed by atoms with E-state index in [0.717, 1.165) is 32.5 Å². The molecule has 0 spiro atoms. The Labute approximate surface area is 86.6 Å². The molecule has 0 bridgehead atoms. The molecule has 0 saturated heterocycles. The molecule has 0 aromatic carbocycles. The summed E-state index contributed by atoms with van der Waals surface area (Å²) >= 11 is 0. The quantitative estimate of drug-likeness (QED) is 0.443. The highest BCUT2D eigenvalue weighted by Gasteiger charge is 1.94. The lowest BCUT2D eigenvalue weighted by atomic mass is 10.1. The number of hydrogen-bond donors (Lipinski definition) is 3. The van der Waals surface area contributed by atoms with Crippen LogP contribution in [0.3, 0.4) is 0 Å².